The summed E-state index contributed by atoms with van der Waals surface area (Å²) < 4.78 is 5.43. The van der Waals surface area contributed by atoms with Gasteiger partial charge in [-0.05, 0) is 75.3 Å². The number of hydrogen-bond acceptors (Lipinski definition) is 5. The molecule has 2 unspecified atom stereocenters. The third kappa shape index (κ3) is 8.56. The maximum absolute atomic E-state index is 14.1. The van der Waals surface area contributed by atoms with Crippen LogP contribution < -0.4 is 10.6 Å². The molecule has 38 heavy (non-hydrogen) atoms. The highest BCUT2D eigenvalue weighted by molar-refractivity contribution is 7.98. The Hall–Kier alpha value is -3.44. The lowest BCUT2D eigenvalue weighted by Crippen LogP contribution is -2.54. The van der Waals surface area contributed by atoms with E-state index in [1.807, 2.05) is 36.6 Å². The Morgan fingerprint density at radius 1 is 1.11 bits per heavy atom. The van der Waals surface area contributed by atoms with Crippen molar-refractivity contribution in [2.75, 3.05) is 12.0 Å². The first-order chi connectivity index (χ1) is 18.1. The van der Waals surface area contributed by atoms with E-state index in [1.54, 1.807) is 61.7 Å². The van der Waals surface area contributed by atoms with Gasteiger partial charge in [0.05, 0.1) is 0 Å². The van der Waals surface area contributed by atoms with Crippen LogP contribution in [0.25, 0.3) is 0 Å². The zero-order valence-corrected chi connectivity index (χ0v) is 23.3. The molecule has 1 fully saturated rings. The number of carbonyl (C=O) groups excluding carboxylic acids is 3. The first-order valence-electron chi connectivity index (χ1n) is 12.8. The van der Waals surface area contributed by atoms with Crippen molar-refractivity contribution in [1.29, 1.82) is 0 Å². The first-order valence-corrected chi connectivity index (χ1v) is 14.2. The van der Waals surface area contributed by atoms with Gasteiger partial charge in [0.1, 0.15) is 17.7 Å². The monoisotopic (exact) mass is 535 g/mol. The van der Waals surface area contributed by atoms with Gasteiger partial charge in [-0.15, -0.1) is 6.42 Å². The molecule has 0 radical (unpaired) electrons. The van der Waals surface area contributed by atoms with E-state index in [1.165, 1.54) is 0 Å². The molecule has 2 aromatic rings. The number of benzene rings is 2. The van der Waals surface area contributed by atoms with Crippen molar-refractivity contribution in [3.63, 3.8) is 0 Å². The summed E-state index contributed by atoms with van der Waals surface area (Å²) in [5.41, 5.74) is 1.60. The maximum Gasteiger partial charge on any atom is 0.408 e. The average molecular weight is 536 g/mol. The normalized spacial score (nSPS) is 14.5. The van der Waals surface area contributed by atoms with Gasteiger partial charge < -0.3 is 20.3 Å². The molecule has 2 N–H and O–H groups in total. The van der Waals surface area contributed by atoms with Crippen molar-refractivity contribution >= 4 is 29.7 Å². The lowest BCUT2D eigenvalue weighted by atomic mass is 10.0. The molecule has 0 aliphatic heterocycles. The van der Waals surface area contributed by atoms with Gasteiger partial charge in [-0.25, -0.2) is 4.79 Å². The highest BCUT2D eigenvalue weighted by atomic mass is 32.2. The third-order valence-corrected chi connectivity index (χ3v) is 6.67. The van der Waals surface area contributed by atoms with Crippen molar-refractivity contribution in [1.82, 2.24) is 15.5 Å². The number of carbonyl (C=O) groups is 3. The minimum atomic E-state index is -0.872. The molecule has 2 aromatic carbocycles. The van der Waals surface area contributed by atoms with Crippen LogP contribution >= 0.6 is 11.8 Å². The molecule has 0 aromatic heterocycles. The fourth-order valence-corrected chi connectivity index (χ4v) is 4.55. The standard InChI is InChI=1S/C30H37N3O4S/c1-6-21-12-14-23(15-13-21)26(27(34)31-20-22-10-8-7-9-11-22)33(24-16-17-24)28(35)25(18-19-38-5)32-29(36)37-30(2,3)4/h1,7-15,24-26H,16-20H2,2-5H3,(H,31,34)(H,32,36). The van der Waals surface area contributed by atoms with Crippen LogP contribution in [0.5, 0.6) is 0 Å². The predicted octanol–water partition coefficient (Wildman–Crippen LogP) is 4.66. The molecule has 3 amide bonds. The summed E-state index contributed by atoms with van der Waals surface area (Å²) in [4.78, 5) is 42.1. The molecule has 0 saturated heterocycles. The smallest absolute Gasteiger partial charge is 0.408 e. The van der Waals surface area contributed by atoms with E-state index in [-0.39, 0.29) is 17.9 Å². The number of thioether (sulfide) groups is 1. The molecule has 202 valence electrons. The lowest BCUT2D eigenvalue weighted by molar-refractivity contribution is -0.143. The van der Waals surface area contributed by atoms with E-state index < -0.39 is 23.8 Å². The van der Waals surface area contributed by atoms with Gasteiger partial charge in [-0.1, -0.05) is 48.4 Å². The third-order valence-electron chi connectivity index (χ3n) is 6.02. The van der Waals surface area contributed by atoms with Crippen molar-refractivity contribution in [3.8, 4) is 12.3 Å². The predicted molar refractivity (Wildman–Crippen MR) is 151 cm³/mol. The van der Waals surface area contributed by atoms with Gasteiger partial charge in [0.15, 0.2) is 0 Å². The van der Waals surface area contributed by atoms with Crippen LogP contribution in [0.15, 0.2) is 54.6 Å². The van der Waals surface area contributed by atoms with Crippen LogP contribution in [-0.4, -0.2) is 52.5 Å². The number of ether oxygens (including phenoxy) is 1. The summed E-state index contributed by atoms with van der Waals surface area (Å²) in [6.45, 7) is 5.65. The van der Waals surface area contributed by atoms with Crippen molar-refractivity contribution in [2.45, 2.75) is 70.3 Å². The van der Waals surface area contributed by atoms with E-state index >= 15 is 0 Å². The fourth-order valence-electron chi connectivity index (χ4n) is 4.08. The second-order valence-electron chi connectivity index (χ2n) is 10.3. The molecule has 2 atom stereocenters. The van der Waals surface area contributed by atoms with Gasteiger partial charge in [0.2, 0.25) is 11.8 Å². The first kappa shape index (κ1) is 29.1. The number of nitrogens with zero attached hydrogens (tertiary/aromatic N) is 1. The lowest BCUT2D eigenvalue weighted by Gasteiger charge is -2.34. The van der Waals surface area contributed by atoms with Crippen molar-refractivity contribution in [3.05, 3.63) is 71.3 Å². The second kappa shape index (κ2) is 13.4. The quantitative estimate of drug-likeness (QED) is 0.409. The van der Waals surface area contributed by atoms with E-state index in [9.17, 15) is 14.4 Å². The zero-order chi connectivity index (χ0) is 27.7. The largest absolute Gasteiger partial charge is 0.444 e. The number of alkyl carbamates (subject to hydrolysis) is 1. The number of hydrogen-bond donors (Lipinski definition) is 2. The Kier molecular flexibility index (Phi) is 10.3. The second-order valence-corrected chi connectivity index (χ2v) is 11.3. The Morgan fingerprint density at radius 3 is 2.32 bits per heavy atom. The van der Waals surface area contributed by atoms with Crippen molar-refractivity contribution in [2.24, 2.45) is 0 Å². The van der Waals surface area contributed by atoms with Crippen LogP contribution in [0.3, 0.4) is 0 Å². The van der Waals surface area contributed by atoms with Gasteiger partial charge >= 0.3 is 6.09 Å². The zero-order valence-electron chi connectivity index (χ0n) is 22.5. The minimum absolute atomic E-state index is 0.0977. The van der Waals surface area contributed by atoms with E-state index in [4.69, 9.17) is 11.2 Å². The topological polar surface area (TPSA) is 87.7 Å². The van der Waals surface area contributed by atoms with E-state index in [2.05, 4.69) is 16.6 Å². The van der Waals surface area contributed by atoms with Gasteiger partial charge in [0, 0.05) is 18.2 Å². The Balaban J connectivity index is 1.92. The molecule has 1 saturated carbocycles. The molecule has 0 spiro atoms. The van der Waals surface area contributed by atoms with Gasteiger partial charge in [-0.2, -0.15) is 11.8 Å². The maximum atomic E-state index is 14.1. The molecule has 0 bridgehead atoms. The van der Waals surface area contributed by atoms with Gasteiger partial charge in [-0.3, -0.25) is 9.59 Å². The number of amides is 3. The van der Waals surface area contributed by atoms with E-state index in [0.717, 1.165) is 18.4 Å². The van der Waals surface area contributed by atoms with Crippen LogP contribution in [0.4, 0.5) is 4.79 Å². The molecule has 1 aliphatic rings. The molecule has 3 rings (SSSR count). The summed E-state index contributed by atoms with van der Waals surface area (Å²) >= 11 is 1.58. The van der Waals surface area contributed by atoms with Crippen LogP contribution in [-0.2, 0) is 20.9 Å². The molecule has 8 heteroatoms. The summed E-state index contributed by atoms with van der Waals surface area (Å²) in [7, 11) is 0. The SMILES string of the molecule is C#Cc1ccc(C(C(=O)NCc2ccccc2)N(C(=O)C(CCSC)NC(=O)OC(C)(C)C)C2CC2)cc1. The summed E-state index contributed by atoms with van der Waals surface area (Å²) in [6.07, 6.45) is 8.82. The molecular formula is C30H37N3O4S. The summed E-state index contributed by atoms with van der Waals surface area (Å²) in [5, 5.41) is 5.78. The average Bonchev–Trinajstić information content (AvgIpc) is 3.72. The fraction of sp³-hybridized carbons (Fsp3) is 0.433. The van der Waals surface area contributed by atoms with Gasteiger partial charge in [0.25, 0.3) is 0 Å². The highest BCUT2D eigenvalue weighted by Gasteiger charge is 2.44. The van der Waals surface area contributed by atoms with Crippen LogP contribution in [0.2, 0.25) is 0 Å². The summed E-state index contributed by atoms with van der Waals surface area (Å²) in [6, 6.07) is 14.9. The number of rotatable bonds is 11. The molecule has 1 aliphatic carbocycles. The molecular weight excluding hydrogens is 498 g/mol. The Bertz CT molecular complexity index is 1130. The number of nitrogens with one attached hydrogen (secondary N) is 2. The molecule has 0 heterocycles. The Labute approximate surface area is 230 Å². The Morgan fingerprint density at radius 2 is 1.76 bits per heavy atom. The minimum Gasteiger partial charge on any atom is -0.444 e. The van der Waals surface area contributed by atoms with Crippen LogP contribution in [0.1, 0.15) is 62.8 Å². The molecule has 7 nitrogen and oxygen atoms in total. The van der Waals surface area contributed by atoms with Crippen LogP contribution in [0, 0.1) is 12.3 Å². The highest BCUT2D eigenvalue weighted by Crippen LogP contribution is 2.36. The van der Waals surface area contributed by atoms with Crippen molar-refractivity contribution < 1.29 is 19.1 Å². The van der Waals surface area contributed by atoms with E-state index in [0.29, 0.717) is 29.8 Å². The number of terminal acetylenes is 1. The summed E-state index contributed by atoms with van der Waals surface area (Å²) in [5.74, 6) is 2.67.